The smallest absolute Gasteiger partial charge is 0.175 e. The van der Waals surface area contributed by atoms with E-state index in [1.165, 1.54) is 50.5 Å². The predicted molar refractivity (Wildman–Crippen MR) is 86.1 cm³/mol. The molecule has 21 heavy (non-hydrogen) atoms. The summed E-state index contributed by atoms with van der Waals surface area (Å²) in [6, 6.07) is 8.34. The molecule has 2 aromatic rings. The molecule has 112 valence electrons. The van der Waals surface area contributed by atoms with Crippen LogP contribution in [-0.4, -0.2) is 5.16 Å². The predicted octanol–water partition coefficient (Wildman–Crippen LogP) is 5.06. The maximum absolute atomic E-state index is 6.11. The average molecular weight is 284 g/mol. The van der Waals surface area contributed by atoms with Crippen molar-refractivity contribution in [1.29, 1.82) is 0 Å². The number of nitrogens with zero attached hydrogens (tertiary/aromatic N) is 1. The largest absolute Gasteiger partial charge is 0.380 e. The summed E-state index contributed by atoms with van der Waals surface area (Å²) in [5, 5.41) is 4.07. The maximum Gasteiger partial charge on any atom is 0.175 e. The standard InChI is InChI=1S/C18H24N2O/c1-13-9-7-8-12-15(13)16-17(21-20-18(16)19)14-10-5-3-2-4-6-11-14/h7-9,12,14H,2-6,10-11H2,1H3,(H2,19,20). The Morgan fingerprint density at radius 3 is 2.43 bits per heavy atom. The van der Waals surface area contributed by atoms with Crippen LogP contribution in [0.5, 0.6) is 0 Å². The molecule has 0 atom stereocenters. The number of nitrogens with two attached hydrogens (primary N) is 1. The Labute approximate surface area is 126 Å². The third-order valence-corrected chi connectivity index (χ3v) is 4.64. The van der Waals surface area contributed by atoms with Crippen molar-refractivity contribution in [2.45, 2.75) is 57.8 Å². The third kappa shape index (κ3) is 2.97. The summed E-state index contributed by atoms with van der Waals surface area (Å²) >= 11 is 0. The van der Waals surface area contributed by atoms with Crippen molar-refractivity contribution in [2.24, 2.45) is 0 Å². The van der Waals surface area contributed by atoms with Crippen LogP contribution >= 0.6 is 0 Å². The number of anilines is 1. The molecule has 0 saturated heterocycles. The van der Waals surface area contributed by atoms with Gasteiger partial charge in [0.05, 0.1) is 5.56 Å². The van der Waals surface area contributed by atoms with Crippen molar-refractivity contribution >= 4 is 5.82 Å². The fourth-order valence-corrected chi connectivity index (χ4v) is 3.44. The summed E-state index contributed by atoms with van der Waals surface area (Å²) in [6.45, 7) is 2.11. The van der Waals surface area contributed by atoms with Crippen LogP contribution in [-0.2, 0) is 0 Å². The molecule has 0 amide bonds. The van der Waals surface area contributed by atoms with Gasteiger partial charge in [0.2, 0.25) is 0 Å². The van der Waals surface area contributed by atoms with Gasteiger partial charge in [-0.15, -0.1) is 0 Å². The molecule has 3 nitrogen and oxygen atoms in total. The Kier molecular flexibility index (Phi) is 4.28. The maximum atomic E-state index is 6.11. The van der Waals surface area contributed by atoms with Gasteiger partial charge in [-0.1, -0.05) is 61.5 Å². The van der Waals surface area contributed by atoms with Crippen molar-refractivity contribution in [2.75, 3.05) is 5.73 Å². The molecule has 1 aliphatic carbocycles. The lowest BCUT2D eigenvalue weighted by molar-refractivity contribution is 0.332. The molecule has 0 aliphatic heterocycles. The van der Waals surface area contributed by atoms with E-state index >= 15 is 0 Å². The van der Waals surface area contributed by atoms with Crippen LogP contribution in [0.1, 0.15) is 62.2 Å². The number of hydrogen-bond donors (Lipinski definition) is 1. The minimum absolute atomic E-state index is 0.463. The SMILES string of the molecule is Cc1ccccc1-c1c(N)noc1C1CCCCCCC1. The van der Waals surface area contributed by atoms with Crippen molar-refractivity contribution in [1.82, 2.24) is 5.16 Å². The van der Waals surface area contributed by atoms with Gasteiger partial charge in [0.25, 0.3) is 0 Å². The van der Waals surface area contributed by atoms with E-state index in [1.54, 1.807) is 0 Å². The summed E-state index contributed by atoms with van der Waals surface area (Å²) in [4.78, 5) is 0. The zero-order valence-corrected chi connectivity index (χ0v) is 12.8. The second-order valence-electron chi connectivity index (χ2n) is 6.16. The highest BCUT2D eigenvalue weighted by Crippen LogP contribution is 2.40. The van der Waals surface area contributed by atoms with Gasteiger partial charge in [0, 0.05) is 5.92 Å². The van der Waals surface area contributed by atoms with Crippen LogP contribution in [0.4, 0.5) is 5.82 Å². The van der Waals surface area contributed by atoms with Gasteiger partial charge in [0.15, 0.2) is 5.82 Å². The Bertz CT molecular complexity index is 595. The van der Waals surface area contributed by atoms with E-state index in [-0.39, 0.29) is 0 Å². The zero-order chi connectivity index (χ0) is 14.7. The highest BCUT2D eigenvalue weighted by atomic mass is 16.5. The lowest BCUT2D eigenvalue weighted by Crippen LogP contribution is -2.03. The van der Waals surface area contributed by atoms with Gasteiger partial charge >= 0.3 is 0 Å². The monoisotopic (exact) mass is 284 g/mol. The minimum Gasteiger partial charge on any atom is -0.380 e. The summed E-state index contributed by atoms with van der Waals surface area (Å²) < 4.78 is 5.67. The van der Waals surface area contributed by atoms with Crippen molar-refractivity contribution < 1.29 is 4.52 Å². The number of nitrogen functional groups attached to an aromatic ring is 1. The van der Waals surface area contributed by atoms with E-state index in [1.807, 2.05) is 0 Å². The Hall–Kier alpha value is -1.77. The van der Waals surface area contributed by atoms with E-state index in [4.69, 9.17) is 10.3 Å². The minimum atomic E-state index is 0.463. The second-order valence-corrected chi connectivity index (χ2v) is 6.16. The first kappa shape index (κ1) is 14.2. The molecule has 0 unspecified atom stereocenters. The van der Waals surface area contributed by atoms with Crippen LogP contribution in [0.3, 0.4) is 0 Å². The van der Waals surface area contributed by atoms with E-state index in [0.717, 1.165) is 16.9 Å². The van der Waals surface area contributed by atoms with E-state index < -0.39 is 0 Å². The number of benzene rings is 1. The van der Waals surface area contributed by atoms with Crippen molar-refractivity contribution in [3.05, 3.63) is 35.6 Å². The molecule has 3 heteroatoms. The first-order valence-corrected chi connectivity index (χ1v) is 8.08. The fraction of sp³-hybridized carbons (Fsp3) is 0.500. The van der Waals surface area contributed by atoms with Crippen LogP contribution in [0.15, 0.2) is 28.8 Å². The number of aromatic nitrogens is 1. The number of rotatable bonds is 2. The van der Waals surface area contributed by atoms with Gasteiger partial charge in [-0.25, -0.2) is 0 Å². The van der Waals surface area contributed by atoms with Crippen LogP contribution in [0, 0.1) is 6.92 Å². The van der Waals surface area contributed by atoms with Crippen LogP contribution < -0.4 is 5.73 Å². The van der Waals surface area contributed by atoms with Crippen molar-refractivity contribution in [3.63, 3.8) is 0 Å². The molecular weight excluding hydrogens is 260 g/mol. The Morgan fingerprint density at radius 1 is 1.05 bits per heavy atom. The normalized spacial score (nSPS) is 17.4. The topological polar surface area (TPSA) is 52.0 Å². The third-order valence-electron chi connectivity index (χ3n) is 4.64. The first-order valence-electron chi connectivity index (χ1n) is 8.08. The van der Waals surface area contributed by atoms with Crippen LogP contribution in [0.25, 0.3) is 11.1 Å². The van der Waals surface area contributed by atoms with Gasteiger partial charge in [-0.05, 0) is 30.9 Å². The molecule has 0 spiro atoms. The summed E-state index contributed by atoms with van der Waals surface area (Å²) in [5.41, 5.74) is 9.52. The van der Waals surface area contributed by atoms with Crippen molar-refractivity contribution in [3.8, 4) is 11.1 Å². The molecule has 1 heterocycles. The fourth-order valence-electron chi connectivity index (χ4n) is 3.44. The lowest BCUT2D eigenvalue weighted by Gasteiger charge is -2.18. The Balaban J connectivity index is 1.98. The summed E-state index contributed by atoms with van der Waals surface area (Å²) in [5.74, 6) is 2.00. The molecule has 2 N–H and O–H groups in total. The van der Waals surface area contributed by atoms with Gasteiger partial charge in [-0.2, -0.15) is 0 Å². The average Bonchev–Trinajstić information content (AvgIpc) is 2.81. The summed E-state index contributed by atoms with van der Waals surface area (Å²) in [7, 11) is 0. The molecule has 3 rings (SSSR count). The molecule has 1 fully saturated rings. The molecule has 0 bridgehead atoms. The van der Waals surface area contributed by atoms with Gasteiger partial charge in [-0.3, -0.25) is 0 Å². The Morgan fingerprint density at radius 2 is 1.71 bits per heavy atom. The van der Waals surface area contributed by atoms with E-state index in [9.17, 15) is 0 Å². The van der Waals surface area contributed by atoms with E-state index in [2.05, 4.69) is 36.3 Å². The molecule has 1 aromatic carbocycles. The first-order chi connectivity index (χ1) is 10.3. The highest BCUT2D eigenvalue weighted by molar-refractivity contribution is 5.78. The molecule has 1 aromatic heterocycles. The molecular formula is C18H24N2O. The number of hydrogen-bond acceptors (Lipinski definition) is 3. The second kappa shape index (κ2) is 6.33. The molecule has 1 aliphatic rings. The van der Waals surface area contributed by atoms with Gasteiger partial charge < -0.3 is 10.3 Å². The quantitative estimate of drug-likeness (QED) is 0.838. The summed E-state index contributed by atoms with van der Waals surface area (Å²) in [6.07, 6.45) is 8.97. The zero-order valence-electron chi connectivity index (χ0n) is 12.8. The highest BCUT2D eigenvalue weighted by Gasteiger charge is 2.25. The molecule has 1 saturated carbocycles. The van der Waals surface area contributed by atoms with Crippen LogP contribution in [0.2, 0.25) is 0 Å². The lowest BCUT2D eigenvalue weighted by atomic mass is 9.86. The van der Waals surface area contributed by atoms with E-state index in [0.29, 0.717) is 11.7 Å². The number of aryl methyl sites for hydroxylation is 1. The van der Waals surface area contributed by atoms with Gasteiger partial charge in [0.1, 0.15) is 5.76 Å². The molecule has 0 radical (unpaired) electrons.